The summed E-state index contributed by atoms with van der Waals surface area (Å²) in [6, 6.07) is 8.59. The Hall–Kier alpha value is -1.72. The molecular formula is C19H25N3OS. The number of aryl methyl sites for hydroxylation is 1. The first kappa shape index (κ1) is 17.1. The summed E-state index contributed by atoms with van der Waals surface area (Å²) in [5.74, 6) is 0.275. The van der Waals surface area contributed by atoms with E-state index in [4.69, 9.17) is 0 Å². The molecule has 0 saturated carbocycles. The van der Waals surface area contributed by atoms with Crippen molar-refractivity contribution in [3.05, 3.63) is 52.0 Å². The van der Waals surface area contributed by atoms with Crippen LogP contribution in [0.1, 0.15) is 41.4 Å². The molecule has 2 aromatic rings. The van der Waals surface area contributed by atoms with Gasteiger partial charge < -0.3 is 9.80 Å². The average Bonchev–Trinajstić information content (AvgIpc) is 3.23. The molecule has 0 unspecified atom stereocenters. The van der Waals surface area contributed by atoms with E-state index in [2.05, 4.69) is 38.4 Å². The number of carbonyl (C=O) groups is 1. The van der Waals surface area contributed by atoms with E-state index in [9.17, 15) is 4.79 Å². The molecule has 24 heavy (non-hydrogen) atoms. The first-order chi connectivity index (χ1) is 11.6. The van der Waals surface area contributed by atoms with Crippen molar-refractivity contribution in [2.24, 2.45) is 0 Å². The molecule has 0 radical (unpaired) electrons. The van der Waals surface area contributed by atoms with Gasteiger partial charge in [-0.25, -0.2) is 0 Å². The highest BCUT2D eigenvalue weighted by Gasteiger charge is 2.29. The summed E-state index contributed by atoms with van der Waals surface area (Å²) in [5, 5.41) is 2.07. The Kier molecular flexibility index (Phi) is 5.63. The van der Waals surface area contributed by atoms with Gasteiger partial charge in [-0.3, -0.25) is 9.78 Å². The second kappa shape index (κ2) is 7.90. The van der Waals surface area contributed by atoms with Crippen LogP contribution in [0.25, 0.3) is 0 Å². The summed E-state index contributed by atoms with van der Waals surface area (Å²) in [7, 11) is 4.09. The maximum Gasteiger partial charge on any atom is 0.223 e. The summed E-state index contributed by atoms with van der Waals surface area (Å²) in [4.78, 5) is 22.6. The van der Waals surface area contributed by atoms with Crippen LogP contribution in [0, 0.1) is 0 Å². The SMILES string of the molecule is CN(C)Cc1cc([C@H]2CCCN2C(=O)CCc2cccs2)ccn1. The van der Waals surface area contributed by atoms with Gasteiger partial charge in [0.15, 0.2) is 0 Å². The van der Waals surface area contributed by atoms with E-state index in [1.165, 1.54) is 10.4 Å². The molecule has 4 nitrogen and oxygen atoms in total. The molecule has 0 bridgehead atoms. The van der Waals surface area contributed by atoms with Crippen molar-refractivity contribution in [1.29, 1.82) is 0 Å². The average molecular weight is 343 g/mol. The lowest BCUT2D eigenvalue weighted by atomic mass is 10.0. The summed E-state index contributed by atoms with van der Waals surface area (Å²) < 4.78 is 0. The van der Waals surface area contributed by atoms with Gasteiger partial charge in [-0.05, 0) is 62.5 Å². The number of carbonyl (C=O) groups excluding carboxylic acids is 1. The number of nitrogens with zero attached hydrogens (tertiary/aromatic N) is 3. The zero-order valence-electron chi connectivity index (χ0n) is 14.4. The molecule has 0 N–H and O–H groups in total. The van der Waals surface area contributed by atoms with Crippen LogP contribution < -0.4 is 0 Å². The van der Waals surface area contributed by atoms with E-state index in [-0.39, 0.29) is 11.9 Å². The van der Waals surface area contributed by atoms with Crippen LogP contribution in [0.3, 0.4) is 0 Å². The van der Waals surface area contributed by atoms with Gasteiger partial charge in [-0.15, -0.1) is 11.3 Å². The fourth-order valence-electron chi connectivity index (χ4n) is 3.35. The number of hydrogen-bond acceptors (Lipinski definition) is 4. The molecule has 5 heteroatoms. The van der Waals surface area contributed by atoms with Gasteiger partial charge in [0.05, 0.1) is 11.7 Å². The van der Waals surface area contributed by atoms with Gasteiger partial charge in [0.25, 0.3) is 0 Å². The van der Waals surface area contributed by atoms with Gasteiger partial charge in [-0.1, -0.05) is 6.07 Å². The Bertz CT molecular complexity index is 669. The van der Waals surface area contributed by atoms with Gasteiger partial charge in [0.2, 0.25) is 5.91 Å². The first-order valence-electron chi connectivity index (χ1n) is 8.55. The number of rotatable bonds is 6. The van der Waals surface area contributed by atoms with Gasteiger partial charge in [0.1, 0.15) is 0 Å². The molecule has 1 aliphatic rings. The summed E-state index contributed by atoms with van der Waals surface area (Å²) >= 11 is 1.73. The number of hydrogen-bond donors (Lipinski definition) is 0. The number of likely N-dealkylation sites (tertiary alicyclic amines) is 1. The number of aromatic nitrogens is 1. The zero-order valence-corrected chi connectivity index (χ0v) is 15.3. The fraction of sp³-hybridized carbons (Fsp3) is 0.474. The van der Waals surface area contributed by atoms with E-state index >= 15 is 0 Å². The minimum atomic E-state index is 0.213. The first-order valence-corrected chi connectivity index (χ1v) is 9.43. The highest BCUT2D eigenvalue weighted by molar-refractivity contribution is 7.09. The van der Waals surface area contributed by atoms with Gasteiger partial charge in [-0.2, -0.15) is 0 Å². The summed E-state index contributed by atoms with van der Waals surface area (Å²) in [6.45, 7) is 1.70. The predicted octanol–water partition coefficient (Wildman–Crippen LogP) is 3.50. The molecule has 1 atom stereocenters. The van der Waals surface area contributed by atoms with Crippen LogP contribution in [0.4, 0.5) is 0 Å². The van der Waals surface area contributed by atoms with Crippen LogP contribution >= 0.6 is 11.3 Å². The molecule has 0 aromatic carbocycles. The van der Waals surface area contributed by atoms with E-state index in [1.807, 2.05) is 26.4 Å². The minimum absolute atomic E-state index is 0.213. The largest absolute Gasteiger partial charge is 0.336 e. The molecule has 1 fully saturated rings. The Morgan fingerprint density at radius 1 is 1.42 bits per heavy atom. The molecule has 2 aromatic heterocycles. The Balaban J connectivity index is 1.67. The number of pyridine rings is 1. The highest BCUT2D eigenvalue weighted by Crippen LogP contribution is 2.32. The minimum Gasteiger partial charge on any atom is -0.336 e. The van der Waals surface area contributed by atoms with Crippen LogP contribution in [-0.4, -0.2) is 41.3 Å². The molecule has 3 heterocycles. The molecule has 1 saturated heterocycles. The normalized spacial score (nSPS) is 17.6. The van der Waals surface area contributed by atoms with Gasteiger partial charge in [0, 0.05) is 30.6 Å². The fourth-order valence-corrected chi connectivity index (χ4v) is 4.06. The van der Waals surface area contributed by atoms with Crippen molar-refractivity contribution in [3.63, 3.8) is 0 Å². The smallest absolute Gasteiger partial charge is 0.223 e. The Labute approximate surface area is 148 Å². The van der Waals surface area contributed by atoms with E-state index < -0.39 is 0 Å². The van der Waals surface area contributed by atoms with Crippen LogP contribution in [-0.2, 0) is 17.8 Å². The van der Waals surface area contributed by atoms with Crippen molar-refractivity contribution in [3.8, 4) is 0 Å². The monoisotopic (exact) mass is 343 g/mol. The maximum absolute atomic E-state index is 12.7. The number of thiophene rings is 1. The maximum atomic E-state index is 12.7. The lowest BCUT2D eigenvalue weighted by molar-refractivity contribution is -0.132. The van der Waals surface area contributed by atoms with Crippen molar-refractivity contribution in [2.75, 3.05) is 20.6 Å². The molecule has 128 valence electrons. The van der Waals surface area contributed by atoms with Crippen LogP contribution in [0.2, 0.25) is 0 Å². The Morgan fingerprint density at radius 2 is 2.29 bits per heavy atom. The summed E-state index contributed by atoms with van der Waals surface area (Å²) in [5.41, 5.74) is 2.29. The van der Waals surface area contributed by atoms with Crippen LogP contribution in [0.15, 0.2) is 35.8 Å². The second-order valence-electron chi connectivity index (χ2n) is 6.64. The molecule has 3 rings (SSSR count). The molecule has 1 aliphatic heterocycles. The number of amides is 1. The third kappa shape index (κ3) is 4.22. The summed E-state index contributed by atoms with van der Waals surface area (Å²) in [6.07, 6.45) is 5.46. The topological polar surface area (TPSA) is 36.4 Å². The lowest BCUT2D eigenvalue weighted by Crippen LogP contribution is -2.30. The predicted molar refractivity (Wildman–Crippen MR) is 98.0 cm³/mol. The second-order valence-corrected chi connectivity index (χ2v) is 7.68. The standard InChI is InChI=1S/C19H25N3OS/c1-21(2)14-16-13-15(9-10-20-16)18-6-3-11-22(18)19(23)8-7-17-5-4-12-24-17/h4-5,9-10,12-13,18H,3,6-8,11,14H2,1-2H3/t18-/m1/s1. The third-order valence-corrected chi connectivity index (χ3v) is 5.38. The van der Waals surface area contributed by atoms with Crippen LogP contribution in [0.5, 0.6) is 0 Å². The lowest BCUT2D eigenvalue weighted by Gasteiger charge is -2.25. The van der Waals surface area contributed by atoms with E-state index in [0.29, 0.717) is 6.42 Å². The zero-order chi connectivity index (χ0) is 16.9. The van der Waals surface area contributed by atoms with Crippen molar-refractivity contribution in [1.82, 2.24) is 14.8 Å². The van der Waals surface area contributed by atoms with Gasteiger partial charge >= 0.3 is 0 Å². The van der Waals surface area contributed by atoms with Crippen molar-refractivity contribution >= 4 is 17.2 Å². The highest BCUT2D eigenvalue weighted by atomic mass is 32.1. The molecular weight excluding hydrogens is 318 g/mol. The van der Waals surface area contributed by atoms with Crippen molar-refractivity contribution in [2.45, 2.75) is 38.3 Å². The van der Waals surface area contributed by atoms with E-state index in [0.717, 1.165) is 38.0 Å². The Morgan fingerprint density at radius 3 is 3.04 bits per heavy atom. The molecule has 0 spiro atoms. The third-order valence-electron chi connectivity index (χ3n) is 4.44. The molecule has 0 aliphatic carbocycles. The quantitative estimate of drug-likeness (QED) is 0.805. The van der Waals surface area contributed by atoms with Crippen molar-refractivity contribution < 1.29 is 4.79 Å². The van der Waals surface area contributed by atoms with E-state index in [1.54, 1.807) is 11.3 Å². The molecule has 1 amide bonds.